The molecule has 0 aliphatic rings. The van der Waals surface area contributed by atoms with Gasteiger partial charge in [-0.3, -0.25) is 0 Å². The van der Waals surface area contributed by atoms with Crippen molar-refractivity contribution in [3.63, 3.8) is 0 Å². The molecule has 4 heteroatoms. The number of nitrogens with one attached hydrogen (secondary N) is 2. The van der Waals surface area contributed by atoms with Gasteiger partial charge in [-0.2, -0.15) is 0 Å². The largest absolute Gasteiger partial charge is 0.338 e. The van der Waals surface area contributed by atoms with E-state index in [-0.39, 0.29) is 6.03 Å². The molecule has 0 spiro atoms. The number of carbonyl (C=O) groups is 1. The molecule has 1 aromatic carbocycles. The number of anilines is 1. The van der Waals surface area contributed by atoms with Crippen LogP contribution >= 0.6 is 15.9 Å². The van der Waals surface area contributed by atoms with Crippen LogP contribution < -0.4 is 10.6 Å². The molecule has 0 bridgehead atoms. The molecule has 0 aliphatic carbocycles. The van der Waals surface area contributed by atoms with Crippen LogP contribution in [0.15, 0.2) is 28.7 Å². The summed E-state index contributed by atoms with van der Waals surface area (Å²) in [5.41, 5.74) is 0.791. The van der Waals surface area contributed by atoms with Crippen LogP contribution in [0.5, 0.6) is 0 Å². The van der Waals surface area contributed by atoms with Crippen molar-refractivity contribution in [2.45, 2.75) is 13.8 Å². The summed E-state index contributed by atoms with van der Waals surface area (Å²) in [4.78, 5) is 11.4. The number of carbonyl (C=O) groups excluding carboxylic acids is 1. The van der Waals surface area contributed by atoms with Gasteiger partial charge in [0.25, 0.3) is 0 Å². The summed E-state index contributed by atoms with van der Waals surface area (Å²) in [6.07, 6.45) is 0. The average Bonchev–Trinajstić information content (AvgIpc) is 2.19. The van der Waals surface area contributed by atoms with Crippen LogP contribution in [0.25, 0.3) is 0 Å². The molecule has 2 N–H and O–H groups in total. The van der Waals surface area contributed by atoms with Gasteiger partial charge in [0.1, 0.15) is 0 Å². The summed E-state index contributed by atoms with van der Waals surface area (Å²) >= 11 is 3.33. The summed E-state index contributed by atoms with van der Waals surface area (Å²) in [6, 6.07) is 7.31. The summed E-state index contributed by atoms with van der Waals surface area (Å²) in [5, 5.41) is 5.54. The minimum atomic E-state index is -0.161. The van der Waals surface area contributed by atoms with Crippen LogP contribution in [0.2, 0.25) is 0 Å². The molecule has 2 amide bonds. The second-order valence-electron chi connectivity index (χ2n) is 3.74. The topological polar surface area (TPSA) is 41.1 Å². The maximum absolute atomic E-state index is 11.4. The second-order valence-corrected chi connectivity index (χ2v) is 4.65. The molecule has 0 fully saturated rings. The fraction of sp³-hybridized carbons (Fsp3) is 0.364. The monoisotopic (exact) mass is 270 g/mol. The molecule has 0 saturated heterocycles. The van der Waals surface area contributed by atoms with Gasteiger partial charge >= 0.3 is 6.03 Å². The van der Waals surface area contributed by atoms with Gasteiger partial charge in [0.05, 0.1) is 0 Å². The maximum Gasteiger partial charge on any atom is 0.319 e. The number of amides is 2. The number of halogens is 1. The Morgan fingerprint density at radius 1 is 1.33 bits per heavy atom. The lowest BCUT2D eigenvalue weighted by atomic mass is 10.2. The molecule has 1 aromatic rings. The Kier molecular flexibility index (Phi) is 4.62. The van der Waals surface area contributed by atoms with E-state index in [1.165, 1.54) is 0 Å². The third-order valence-corrected chi connectivity index (χ3v) is 2.30. The molecule has 1 rings (SSSR count). The lowest BCUT2D eigenvalue weighted by Crippen LogP contribution is -2.31. The highest BCUT2D eigenvalue weighted by molar-refractivity contribution is 9.10. The van der Waals surface area contributed by atoms with Gasteiger partial charge in [0.15, 0.2) is 0 Å². The normalized spacial score (nSPS) is 10.1. The third-order valence-electron chi connectivity index (χ3n) is 1.77. The standard InChI is InChI=1S/C11H15BrN2O/c1-8(2)7-13-11(15)14-10-5-3-9(12)4-6-10/h3-6,8H,7H2,1-2H3,(H2,13,14,15). The molecular weight excluding hydrogens is 256 g/mol. The van der Waals surface area contributed by atoms with E-state index in [2.05, 4.69) is 40.4 Å². The number of benzene rings is 1. The molecule has 0 radical (unpaired) electrons. The molecule has 0 aromatic heterocycles. The zero-order valence-corrected chi connectivity index (χ0v) is 10.5. The number of hydrogen-bond acceptors (Lipinski definition) is 1. The van der Waals surface area contributed by atoms with E-state index in [1.54, 1.807) is 0 Å². The zero-order valence-electron chi connectivity index (χ0n) is 8.88. The predicted molar refractivity (Wildman–Crippen MR) is 66.0 cm³/mol. The number of hydrogen-bond donors (Lipinski definition) is 2. The first-order valence-corrected chi connectivity index (χ1v) is 5.67. The smallest absolute Gasteiger partial charge is 0.319 e. The van der Waals surface area contributed by atoms with Crippen molar-refractivity contribution in [3.8, 4) is 0 Å². The quantitative estimate of drug-likeness (QED) is 0.870. The van der Waals surface area contributed by atoms with E-state index in [9.17, 15) is 4.79 Å². The zero-order chi connectivity index (χ0) is 11.3. The average molecular weight is 271 g/mol. The highest BCUT2D eigenvalue weighted by Gasteiger charge is 2.01. The van der Waals surface area contributed by atoms with E-state index in [0.717, 1.165) is 10.2 Å². The molecule has 82 valence electrons. The van der Waals surface area contributed by atoms with Crippen LogP contribution in [0.4, 0.5) is 10.5 Å². The van der Waals surface area contributed by atoms with Crippen molar-refractivity contribution < 1.29 is 4.79 Å². The fourth-order valence-electron chi connectivity index (χ4n) is 1.01. The first-order chi connectivity index (χ1) is 7.08. The van der Waals surface area contributed by atoms with E-state index in [4.69, 9.17) is 0 Å². The molecule has 0 atom stereocenters. The minimum absolute atomic E-state index is 0.161. The van der Waals surface area contributed by atoms with Crippen molar-refractivity contribution in [1.82, 2.24) is 5.32 Å². The van der Waals surface area contributed by atoms with Gasteiger partial charge in [-0.05, 0) is 30.2 Å². The van der Waals surface area contributed by atoms with Crippen LogP contribution in [-0.4, -0.2) is 12.6 Å². The molecule has 0 saturated carbocycles. The Morgan fingerprint density at radius 2 is 1.93 bits per heavy atom. The lowest BCUT2D eigenvalue weighted by Gasteiger charge is -2.09. The Bertz CT molecular complexity index is 322. The first kappa shape index (κ1) is 12.0. The Morgan fingerprint density at radius 3 is 2.47 bits per heavy atom. The molecule has 0 heterocycles. The molecule has 3 nitrogen and oxygen atoms in total. The van der Waals surface area contributed by atoms with Gasteiger partial charge in [0.2, 0.25) is 0 Å². The van der Waals surface area contributed by atoms with E-state index in [1.807, 2.05) is 24.3 Å². The van der Waals surface area contributed by atoms with Crippen LogP contribution in [0, 0.1) is 5.92 Å². The predicted octanol–water partition coefficient (Wildman–Crippen LogP) is 3.23. The van der Waals surface area contributed by atoms with Gasteiger partial charge in [-0.25, -0.2) is 4.79 Å². The summed E-state index contributed by atoms with van der Waals surface area (Å²) in [5.74, 6) is 0.459. The highest BCUT2D eigenvalue weighted by atomic mass is 79.9. The summed E-state index contributed by atoms with van der Waals surface area (Å²) < 4.78 is 0.996. The highest BCUT2D eigenvalue weighted by Crippen LogP contribution is 2.13. The molecule has 15 heavy (non-hydrogen) atoms. The van der Waals surface area contributed by atoms with Crippen LogP contribution in [0.3, 0.4) is 0 Å². The van der Waals surface area contributed by atoms with E-state index < -0.39 is 0 Å². The van der Waals surface area contributed by atoms with E-state index in [0.29, 0.717) is 12.5 Å². The van der Waals surface area contributed by atoms with Gasteiger partial charge in [-0.1, -0.05) is 29.8 Å². The third kappa shape index (κ3) is 4.83. The van der Waals surface area contributed by atoms with Gasteiger partial charge in [-0.15, -0.1) is 0 Å². The van der Waals surface area contributed by atoms with Crippen molar-refractivity contribution in [2.24, 2.45) is 5.92 Å². The summed E-state index contributed by atoms with van der Waals surface area (Å²) in [6.45, 7) is 4.79. The minimum Gasteiger partial charge on any atom is -0.338 e. The first-order valence-electron chi connectivity index (χ1n) is 4.88. The SMILES string of the molecule is CC(C)CNC(=O)Nc1ccc(Br)cc1. The molecule has 0 unspecified atom stereocenters. The van der Waals surface area contributed by atoms with Crippen LogP contribution in [0.1, 0.15) is 13.8 Å². The van der Waals surface area contributed by atoms with E-state index >= 15 is 0 Å². The number of rotatable bonds is 3. The van der Waals surface area contributed by atoms with Crippen molar-refractivity contribution in [2.75, 3.05) is 11.9 Å². The fourth-order valence-corrected chi connectivity index (χ4v) is 1.27. The summed E-state index contributed by atoms with van der Waals surface area (Å²) in [7, 11) is 0. The van der Waals surface area contributed by atoms with Gasteiger partial charge < -0.3 is 10.6 Å². The molecule has 0 aliphatic heterocycles. The Labute approximate surface area is 98.4 Å². The maximum atomic E-state index is 11.4. The van der Waals surface area contributed by atoms with Crippen LogP contribution in [-0.2, 0) is 0 Å². The lowest BCUT2D eigenvalue weighted by molar-refractivity contribution is 0.251. The molecular formula is C11H15BrN2O. The van der Waals surface area contributed by atoms with Crippen molar-refractivity contribution in [3.05, 3.63) is 28.7 Å². The van der Waals surface area contributed by atoms with Crippen molar-refractivity contribution in [1.29, 1.82) is 0 Å². The second kappa shape index (κ2) is 5.75. The van der Waals surface area contributed by atoms with Crippen molar-refractivity contribution >= 4 is 27.6 Å². The van der Waals surface area contributed by atoms with Gasteiger partial charge in [0, 0.05) is 16.7 Å². The Hall–Kier alpha value is -1.03. The Balaban J connectivity index is 2.41. The number of urea groups is 1.